The minimum absolute atomic E-state index is 0.105. The van der Waals surface area contributed by atoms with Crippen LogP contribution in [0.3, 0.4) is 0 Å². The Hall–Kier alpha value is -3.44. The van der Waals surface area contributed by atoms with Crippen molar-refractivity contribution in [3.63, 3.8) is 0 Å². The average Bonchev–Trinajstić information content (AvgIpc) is 3.07. The van der Waals surface area contributed by atoms with Gasteiger partial charge in [-0.05, 0) is 61.4 Å². The van der Waals surface area contributed by atoms with Gasteiger partial charge in [0.2, 0.25) is 0 Å². The number of pyridine rings is 1. The Kier molecular flexibility index (Phi) is 5.91. The Morgan fingerprint density at radius 1 is 0.900 bits per heavy atom. The van der Waals surface area contributed by atoms with Gasteiger partial charge in [0.25, 0.3) is 5.91 Å². The number of aromatic nitrogens is 1. The molecule has 0 unspecified atom stereocenters. The van der Waals surface area contributed by atoms with Gasteiger partial charge in [0.15, 0.2) is 0 Å². The molecule has 2 heterocycles. The third-order valence-corrected chi connectivity index (χ3v) is 6.25. The molecule has 4 rings (SSSR count). The zero-order valence-corrected chi connectivity index (χ0v) is 17.7. The lowest BCUT2D eigenvalue weighted by Crippen LogP contribution is -2.17. The molecule has 0 aliphatic carbocycles. The third kappa shape index (κ3) is 4.26. The Morgan fingerprint density at radius 2 is 1.53 bits per heavy atom. The molecule has 0 spiro atoms. The standard InChI is InChI=1S/C25H23N3OS/c1-17-18(2)30-25(28-24(29)20-9-5-3-6-10-20)22(17)23(19-13-15-26-16-14-19)27-21-11-7-4-8-12-21/h3-16,23,27H,1-2H3,(H,28,29)/t23-/m1/s1. The van der Waals surface area contributed by atoms with Crippen molar-refractivity contribution in [3.05, 3.63) is 112 Å². The zero-order chi connectivity index (χ0) is 20.9. The lowest BCUT2D eigenvalue weighted by atomic mass is 9.96. The van der Waals surface area contributed by atoms with Gasteiger partial charge in [-0.2, -0.15) is 0 Å². The van der Waals surface area contributed by atoms with E-state index in [2.05, 4.69) is 29.5 Å². The summed E-state index contributed by atoms with van der Waals surface area (Å²) in [5, 5.41) is 7.66. The molecule has 0 fully saturated rings. The van der Waals surface area contributed by atoms with Gasteiger partial charge < -0.3 is 10.6 Å². The highest BCUT2D eigenvalue weighted by atomic mass is 32.1. The number of hydrogen-bond donors (Lipinski definition) is 2. The van der Waals surface area contributed by atoms with Gasteiger partial charge in [-0.1, -0.05) is 36.4 Å². The molecule has 2 aromatic heterocycles. The van der Waals surface area contributed by atoms with Crippen LogP contribution in [0, 0.1) is 13.8 Å². The van der Waals surface area contributed by atoms with Gasteiger partial charge in [0.05, 0.1) is 6.04 Å². The van der Waals surface area contributed by atoms with Gasteiger partial charge in [0, 0.05) is 34.1 Å². The van der Waals surface area contributed by atoms with Gasteiger partial charge in [-0.25, -0.2) is 0 Å². The molecule has 4 aromatic rings. The molecule has 0 radical (unpaired) electrons. The second-order valence-corrected chi connectivity index (χ2v) is 8.29. The Balaban J connectivity index is 1.76. The van der Waals surface area contributed by atoms with Gasteiger partial charge >= 0.3 is 0 Å². The summed E-state index contributed by atoms with van der Waals surface area (Å²) in [4.78, 5) is 18.2. The molecule has 0 aliphatic rings. The number of thiophene rings is 1. The number of para-hydroxylation sites is 1. The molecular formula is C25H23N3OS. The molecule has 0 saturated heterocycles. The zero-order valence-electron chi connectivity index (χ0n) is 16.9. The van der Waals surface area contributed by atoms with Gasteiger partial charge in [0.1, 0.15) is 5.00 Å². The minimum atomic E-state index is -0.119. The van der Waals surface area contributed by atoms with Crippen molar-refractivity contribution >= 4 is 27.9 Å². The number of nitrogens with zero attached hydrogens (tertiary/aromatic N) is 1. The lowest BCUT2D eigenvalue weighted by Gasteiger charge is -2.23. The summed E-state index contributed by atoms with van der Waals surface area (Å²) in [5.41, 5.74) is 5.00. The number of hydrogen-bond acceptors (Lipinski definition) is 4. The molecule has 1 amide bonds. The summed E-state index contributed by atoms with van der Waals surface area (Å²) >= 11 is 1.61. The van der Waals surface area contributed by atoms with Crippen LogP contribution in [-0.4, -0.2) is 10.9 Å². The normalized spacial score (nSPS) is 11.7. The second-order valence-electron chi connectivity index (χ2n) is 7.07. The van der Waals surface area contributed by atoms with Crippen molar-refractivity contribution < 1.29 is 4.79 Å². The number of benzene rings is 2. The van der Waals surface area contributed by atoms with E-state index in [0.29, 0.717) is 5.56 Å². The van der Waals surface area contributed by atoms with E-state index in [-0.39, 0.29) is 11.9 Å². The van der Waals surface area contributed by atoms with Crippen LogP contribution in [0.2, 0.25) is 0 Å². The van der Waals surface area contributed by atoms with E-state index in [1.807, 2.05) is 72.8 Å². The topological polar surface area (TPSA) is 54.0 Å². The fraction of sp³-hybridized carbons (Fsp3) is 0.120. The van der Waals surface area contributed by atoms with Crippen LogP contribution in [0.25, 0.3) is 0 Å². The first-order chi connectivity index (χ1) is 14.6. The van der Waals surface area contributed by atoms with E-state index >= 15 is 0 Å². The predicted octanol–water partition coefficient (Wildman–Crippen LogP) is 6.21. The molecule has 0 saturated carbocycles. The first-order valence-corrected chi connectivity index (χ1v) is 10.6. The summed E-state index contributed by atoms with van der Waals surface area (Å²) < 4.78 is 0. The molecule has 1 atom stereocenters. The summed E-state index contributed by atoms with van der Waals surface area (Å²) in [6, 6.07) is 23.3. The van der Waals surface area contributed by atoms with Crippen LogP contribution in [0.1, 0.15) is 38.0 Å². The highest BCUT2D eigenvalue weighted by Gasteiger charge is 2.24. The molecule has 30 heavy (non-hydrogen) atoms. The van der Waals surface area contributed by atoms with E-state index in [9.17, 15) is 4.79 Å². The van der Waals surface area contributed by atoms with Crippen molar-refractivity contribution in [2.24, 2.45) is 0 Å². The predicted molar refractivity (Wildman–Crippen MR) is 124 cm³/mol. The van der Waals surface area contributed by atoms with Crippen molar-refractivity contribution in [2.75, 3.05) is 10.6 Å². The van der Waals surface area contributed by atoms with Crippen LogP contribution in [-0.2, 0) is 0 Å². The fourth-order valence-electron chi connectivity index (χ4n) is 3.43. The van der Waals surface area contributed by atoms with Crippen LogP contribution >= 0.6 is 11.3 Å². The van der Waals surface area contributed by atoms with Gasteiger partial charge in [-0.15, -0.1) is 11.3 Å². The van der Waals surface area contributed by atoms with Gasteiger partial charge in [-0.3, -0.25) is 9.78 Å². The smallest absolute Gasteiger partial charge is 0.256 e. The number of anilines is 2. The summed E-state index contributed by atoms with van der Waals surface area (Å²) in [6.07, 6.45) is 3.59. The van der Waals surface area contributed by atoms with E-state index in [1.165, 1.54) is 10.4 Å². The molecule has 150 valence electrons. The molecule has 4 nitrogen and oxygen atoms in total. The van der Waals surface area contributed by atoms with Crippen LogP contribution in [0.15, 0.2) is 85.2 Å². The molecule has 5 heteroatoms. The van der Waals surface area contributed by atoms with E-state index in [0.717, 1.165) is 21.8 Å². The molecule has 0 aliphatic heterocycles. The second kappa shape index (κ2) is 8.93. The summed E-state index contributed by atoms with van der Waals surface area (Å²) in [7, 11) is 0. The quantitative estimate of drug-likeness (QED) is 0.395. The first-order valence-electron chi connectivity index (χ1n) is 9.81. The molecule has 2 aromatic carbocycles. The highest BCUT2D eigenvalue weighted by Crippen LogP contribution is 2.41. The summed E-state index contributed by atoms with van der Waals surface area (Å²) in [6.45, 7) is 4.20. The maximum Gasteiger partial charge on any atom is 0.256 e. The number of rotatable bonds is 6. The first kappa shape index (κ1) is 19.9. The lowest BCUT2D eigenvalue weighted by molar-refractivity contribution is 0.102. The molecular weight excluding hydrogens is 390 g/mol. The van der Waals surface area contributed by atoms with E-state index in [1.54, 1.807) is 23.7 Å². The van der Waals surface area contributed by atoms with Crippen molar-refractivity contribution in [1.82, 2.24) is 4.98 Å². The van der Waals surface area contributed by atoms with Crippen molar-refractivity contribution in [2.45, 2.75) is 19.9 Å². The Morgan fingerprint density at radius 3 is 2.20 bits per heavy atom. The van der Waals surface area contributed by atoms with E-state index < -0.39 is 0 Å². The Bertz CT molecular complexity index is 1130. The summed E-state index contributed by atoms with van der Waals surface area (Å²) in [5.74, 6) is -0.105. The number of aryl methyl sites for hydroxylation is 1. The SMILES string of the molecule is Cc1sc(NC(=O)c2ccccc2)c([C@H](Nc2ccccc2)c2ccncc2)c1C. The van der Waals surface area contributed by atoms with Crippen molar-refractivity contribution in [3.8, 4) is 0 Å². The average molecular weight is 414 g/mol. The third-order valence-electron chi connectivity index (χ3n) is 5.11. The molecule has 2 N–H and O–H groups in total. The number of amides is 1. The highest BCUT2D eigenvalue weighted by molar-refractivity contribution is 7.16. The van der Waals surface area contributed by atoms with Crippen LogP contribution in [0.4, 0.5) is 10.7 Å². The maximum absolute atomic E-state index is 12.9. The molecule has 0 bridgehead atoms. The maximum atomic E-state index is 12.9. The fourth-order valence-corrected chi connectivity index (χ4v) is 4.52. The minimum Gasteiger partial charge on any atom is -0.374 e. The Labute approximate surface area is 180 Å². The van der Waals surface area contributed by atoms with Crippen LogP contribution < -0.4 is 10.6 Å². The number of carbonyl (C=O) groups excluding carboxylic acids is 1. The number of nitrogens with one attached hydrogen (secondary N) is 2. The van der Waals surface area contributed by atoms with Crippen LogP contribution in [0.5, 0.6) is 0 Å². The van der Waals surface area contributed by atoms with E-state index in [4.69, 9.17) is 0 Å². The largest absolute Gasteiger partial charge is 0.374 e. The van der Waals surface area contributed by atoms with Crippen molar-refractivity contribution in [1.29, 1.82) is 0 Å². The monoisotopic (exact) mass is 413 g/mol. The number of carbonyl (C=O) groups is 1.